The van der Waals surface area contributed by atoms with Gasteiger partial charge < -0.3 is 0 Å². The maximum absolute atomic E-state index is 5.37. The molecular formula is C14H16ClNO. The van der Waals surface area contributed by atoms with Crippen molar-refractivity contribution in [2.75, 3.05) is 0 Å². The van der Waals surface area contributed by atoms with E-state index in [9.17, 15) is 0 Å². The maximum atomic E-state index is 5.37. The van der Waals surface area contributed by atoms with Crippen LogP contribution in [0.5, 0.6) is 0 Å². The molecular weight excluding hydrogens is 234 g/mol. The number of hydrogen-bond acceptors (Lipinski definition) is 2. The summed E-state index contributed by atoms with van der Waals surface area (Å²) < 4.78 is 0. The molecule has 0 aliphatic carbocycles. The summed E-state index contributed by atoms with van der Waals surface area (Å²) in [6, 6.07) is 20.3. The lowest BCUT2D eigenvalue weighted by atomic mass is 10.2. The van der Waals surface area contributed by atoms with Crippen LogP contribution in [0.2, 0.25) is 0 Å². The summed E-state index contributed by atoms with van der Waals surface area (Å²) in [6.07, 6.45) is 0. The minimum absolute atomic E-state index is 0. The van der Waals surface area contributed by atoms with Crippen molar-refractivity contribution in [3.05, 3.63) is 71.8 Å². The lowest BCUT2D eigenvalue weighted by Gasteiger charge is -2.05. The molecule has 2 aromatic rings. The maximum Gasteiger partial charge on any atom is 0.0933 e. The van der Waals surface area contributed by atoms with Crippen molar-refractivity contribution in [3.63, 3.8) is 0 Å². The highest BCUT2D eigenvalue weighted by Crippen LogP contribution is 2.00. The molecule has 0 aromatic heterocycles. The van der Waals surface area contributed by atoms with Crippen LogP contribution in [0.15, 0.2) is 60.7 Å². The molecule has 3 heteroatoms. The summed E-state index contributed by atoms with van der Waals surface area (Å²) in [6.45, 7) is 1.32. The van der Waals surface area contributed by atoms with Crippen LogP contribution in [0.25, 0.3) is 0 Å². The van der Waals surface area contributed by atoms with Gasteiger partial charge >= 0.3 is 0 Å². The molecule has 0 aliphatic heterocycles. The number of hydroxylamine groups is 1. The van der Waals surface area contributed by atoms with Crippen molar-refractivity contribution in [2.45, 2.75) is 13.2 Å². The number of nitrogens with one attached hydrogen (secondary N) is 1. The molecule has 0 aliphatic rings. The molecule has 1 N–H and O–H groups in total. The van der Waals surface area contributed by atoms with E-state index in [0.717, 1.165) is 6.54 Å². The van der Waals surface area contributed by atoms with Crippen molar-refractivity contribution < 1.29 is 4.84 Å². The molecule has 2 rings (SSSR count). The molecule has 2 nitrogen and oxygen atoms in total. The molecule has 0 atom stereocenters. The number of hydrogen-bond donors (Lipinski definition) is 1. The van der Waals surface area contributed by atoms with Gasteiger partial charge in [0.2, 0.25) is 0 Å². The third-order valence-corrected chi connectivity index (χ3v) is 2.30. The molecule has 0 saturated carbocycles. The molecule has 90 valence electrons. The van der Waals surface area contributed by atoms with Gasteiger partial charge in [-0.3, -0.25) is 4.84 Å². The van der Waals surface area contributed by atoms with Crippen LogP contribution in [0.3, 0.4) is 0 Å². The third kappa shape index (κ3) is 5.00. The highest BCUT2D eigenvalue weighted by atomic mass is 35.5. The van der Waals surface area contributed by atoms with Crippen LogP contribution in [0.4, 0.5) is 0 Å². The fraction of sp³-hybridized carbons (Fsp3) is 0.143. The average molecular weight is 250 g/mol. The van der Waals surface area contributed by atoms with Crippen LogP contribution < -0.4 is 5.48 Å². The van der Waals surface area contributed by atoms with E-state index in [0.29, 0.717) is 6.61 Å². The second-order valence-corrected chi connectivity index (χ2v) is 3.58. The molecule has 17 heavy (non-hydrogen) atoms. The van der Waals surface area contributed by atoms with Gasteiger partial charge in [0.25, 0.3) is 0 Å². The van der Waals surface area contributed by atoms with Crippen molar-refractivity contribution in [3.8, 4) is 0 Å². The summed E-state index contributed by atoms with van der Waals surface area (Å²) in [7, 11) is 0. The topological polar surface area (TPSA) is 21.3 Å². The Bertz CT molecular complexity index is 364. The highest BCUT2D eigenvalue weighted by Gasteiger charge is 1.92. The molecule has 0 bridgehead atoms. The summed E-state index contributed by atoms with van der Waals surface area (Å²) in [4.78, 5) is 5.37. The Morgan fingerprint density at radius 3 is 1.88 bits per heavy atom. The van der Waals surface area contributed by atoms with E-state index in [1.54, 1.807) is 0 Å². The van der Waals surface area contributed by atoms with E-state index >= 15 is 0 Å². The number of rotatable bonds is 5. The van der Waals surface area contributed by atoms with Gasteiger partial charge in [-0.1, -0.05) is 60.7 Å². The van der Waals surface area contributed by atoms with Gasteiger partial charge in [-0.2, -0.15) is 5.48 Å². The smallest absolute Gasteiger partial charge is 0.0933 e. The van der Waals surface area contributed by atoms with Crippen LogP contribution in [0, 0.1) is 0 Å². The Balaban J connectivity index is 0.00000144. The SMILES string of the molecule is Cl.c1ccc(CNOCc2ccccc2)cc1. The molecule has 0 spiro atoms. The zero-order valence-corrected chi connectivity index (χ0v) is 10.3. The Hall–Kier alpha value is -1.35. The summed E-state index contributed by atoms with van der Waals surface area (Å²) >= 11 is 0. The molecule has 0 radical (unpaired) electrons. The predicted octanol–water partition coefficient (Wildman–Crippen LogP) is 3.33. The fourth-order valence-corrected chi connectivity index (χ4v) is 1.44. The summed E-state index contributed by atoms with van der Waals surface area (Å²) in [5.41, 5.74) is 5.34. The quantitative estimate of drug-likeness (QED) is 0.648. The van der Waals surface area contributed by atoms with E-state index in [1.807, 2.05) is 48.5 Å². The van der Waals surface area contributed by atoms with Gasteiger partial charge in [-0.25, -0.2) is 0 Å². The first kappa shape index (κ1) is 13.7. The van der Waals surface area contributed by atoms with E-state index in [2.05, 4.69) is 17.6 Å². The minimum atomic E-state index is 0. The zero-order chi connectivity index (χ0) is 11.1. The zero-order valence-electron chi connectivity index (χ0n) is 9.50. The second-order valence-electron chi connectivity index (χ2n) is 3.58. The average Bonchev–Trinajstić information content (AvgIpc) is 2.37. The second kappa shape index (κ2) is 7.85. The summed E-state index contributed by atoms with van der Waals surface area (Å²) in [5, 5.41) is 0. The highest BCUT2D eigenvalue weighted by molar-refractivity contribution is 5.85. The molecule has 0 saturated heterocycles. The van der Waals surface area contributed by atoms with Gasteiger partial charge in [-0.15, -0.1) is 12.4 Å². The van der Waals surface area contributed by atoms with E-state index in [-0.39, 0.29) is 12.4 Å². The van der Waals surface area contributed by atoms with Crippen molar-refractivity contribution in [1.29, 1.82) is 0 Å². The van der Waals surface area contributed by atoms with Gasteiger partial charge in [0.05, 0.1) is 6.61 Å². The first-order valence-electron chi connectivity index (χ1n) is 5.37. The van der Waals surface area contributed by atoms with Gasteiger partial charge in [0.1, 0.15) is 0 Å². The predicted molar refractivity (Wildman–Crippen MR) is 71.8 cm³/mol. The lowest BCUT2D eigenvalue weighted by molar-refractivity contribution is 0.0235. The third-order valence-electron chi connectivity index (χ3n) is 2.30. The van der Waals surface area contributed by atoms with Gasteiger partial charge in [0.15, 0.2) is 0 Å². The Kier molecular flexibility index (Phi) is 6.33. The van der Waals surface area contributed by atoms with E-state index < -0.39 is 0 Å². The first-order valence-corrected chi connectivity index (χ1v) is 5.37. The van der Waals surface area contributed by atoms with E-state index in [4.69, 9.17) is 4.84 Å². The van der Waals surface area contributed by atoms with Crippen molar-refractivity contribution in [1.82, 2.24) is 5.48 Å². The van der Waals surface area contributed by atoms with E-state index in [1.165, 1.54) is 11.1 Å². The first-order chi connectivity index (χ1) is 7.95. The Morgan fingerprint density at radius 2 is 1.29 bits per heavy atom. The molecule has 2 aromatic carbocycles. The van der Waals surface area contributed by atoms with Crippen LogP contribution >= 0.6 is 12.4 Å². The molecule has 0 fully saturated rings. The monoisotopic (exact) mass is 249 g/mol. The molecule has 0 heterocycles. The summed E-state index contributed by atoms with van der Waals surface area (Å²) in [5.74, 6) is 0. The largest absolute Gasteiger partial charge is 0.297 e. The normalized spacial score (nSPS) is 9.65. The molecule has 0 amide bonds. The van der Waals surface area contributed by atoms with Crippen molar-refractivity contribution >= 4 is 12.4 Å². The minimum Gasteiger partial charge on any atom is -0.297 e. The van der Waals surface area contributed by atoms with Crippen molar-refractivity contribution in [2.24, 2.45) is 0 Å². The van der Waals surface area contributed by atoms with Gasteiger partial charge in [0, 0.05) is 6.54 Å². The Morgan fingerprint density at radius 1 is 0.765 bits per heavy atom. The lowest BCUT2D eigenvalue weighted by Crippen LogP contribution is -2.13. The number of halogens is 1. The van der Waals surface area contributed by atoms with Crippen LogP contribution in [-0.2, 0) is 18.0 Å². The van der Waals surface area contributed by atoms with Crippen LogP contribution in [-0.4, -0.2) is 0 Å². The standard InChI is InChI=1S/C14H15NO.ClH/c1-3-7-13(8-4-1)11-15-16-12-14-9-5-2-6-10-14;/h1-10,15H,11-12H2;1H. The Labute approximate surface area is 108 Å². The fourth-order valence-electron chi connectivity index (χ4n) is 1.44. The number of benzene rings is 2. The molecule has 0 unspecified atom stereocenters. The van der Waals surface area contributed by atoms with Crippen LogP contribution in [0.1, 0.15) is 11.1 Å². The van der Waals surface area contributed by atoms with Gasteiger partial charge in [-0.05, 0) is 11.1 Å².